The number of hydrogen-bond acceptors (Lipinski definition) is 6. The number of amides is 2. The van der Waals surface area contributed by atoms with E-state index in [1.165, 1.54) is 11.3 Å². The van der Waals surface area contributed by atoms with E-state index >= 15 is 0 Å². The van der Waals surface area contributed by atoms with Crippen molar-refractivity contribution in [2.24, 2.45) is 0 Å². The molecule has 0 atom stereocenters. The molecule has 212 valence electrons. The summed E-state index contributed by atoms with van der Waals surface area (Å²) in [6.45, 7) is 10.7. The summed E-state index contributed by atoms with van der Waals surface area (Å²) >= 11 is 0. The smallest absolute Gasteiger partial charge is 0.334 e. The first-order valence-electron chi connectivity index (χ1n) is 13.5. The number of rotatable bonds is 9. The van der Waals surface area contributed by atoms with Gasteiger partial charge in [-0.1, -0.05) is 30.3 Å². The Bertz CT molecular complexity index is 1310. The monoisotopic (exact) mass is 547 g/mol. The lowest BCUT2D eigenvalue weighted by Gasteiger charge is -2.36. The Balaban J connectivity index is 1.29. The number of para-hydroxylation sites is 1. The second-order valence-corrected chi connectivity index (χ2v) is 10.2. The molecule has 40 heavy (non-hydrogen) atoms. The molecular weight excluding hydrogens is 510 g/mol. The minimum Gasteiger partial charge on any atom is -0.478 e. The SMILES string of the molecule is CC1=C(C(=O)O)C(c2cccc(NC(=O)NCCCN3CCN(c4ccccc4C)CC3)c2)C(C(=O)O)=C(C)N1. The van der Waals surface area contributed by atoms with Crippen molar-refractivity contribution >= 4 is 29.3 Å². The standard InChI is InChI=1S/C30H37N5O5/c1-19-8-4-5-11-24(19)35-16-14-34(15-17-35)13-7-12-31-30(40)33-23-10-6-9-22(18-23)27-25(28(36)37)20(2)32-21(3)26(27)29(38)39/h4-6,8-11,18,27,32H,7,12-17H2,1-3H3,(H,36,37)(H,38,39)(H2,31,33,40). The van der Waals surface area contributed by atoms with Crippen molar-refractivity contribution in [1.82, 2.24) is 15.5 Å². The number of hydrogen-bond donors (Lipinski definition) is 5. The number of allylic oxidation sites excluding steroid dienone is 2. The number of aryl methyl sites for hydroxylation is 1. The van der Waals surface area contributed by atoms with Gasteiger partial charge in [0.2, 0.25) is 0 Å². The summed E-state index contributed by atoms with van der Waals surface area (Å²) in [5, 5.41) is 28.2. The highest BCUT2D eigenvalue weighted by molar-refractivity contribution is 5.98. The minimum absolute atomic E-state index is 0.0377. The van der Waals surface area contributed by atoms with Gasteiger partial charge in [-0.3, -0.25) is 4.90 Å². The van der Waals surface area contributed by atoms with E-state index in [0.29, 0.717) is 29.2 Å². The van der Waals surface area contributed by atoms with Crippen LogP contribution in [0.25, 0.3) is 0 Å². The van der Waals surface area contributed by atoms with Crippen molar-refractivity contribution in [2.75, 3.05) is 49.5 Å². The van der Waals surface area contributed by atoms with Crippen molar-refractivity contribution in [2.45, 2.75) is 33.1 Å². The van der Waals surface area contributed by atoms with Gasteiger partial charge < -0.3 is 31.1 Å². The number of aliphatic carboxylic acids is 2. The van der Waals surface area contributed by atoms with Crippen LogP contribution >= 0.6 is 0 Å². The predicted octanol–water partition coefficient (Wildman–Crippen LogP) is 3.73. The maximum Gasteiger partial charge on any atom is 0.334 e. The molecular formula is C30H37N5O5. The zero-order chi connectivity index (χ0) is 28.8. The largest absolute Gasteiger partial charge is 0.478 e. The van der Waals surface area contributed by atoms with E-state index in [1.807, 2.05) is 0 Å². The van der Waals surface area contributed by atoms with Crippen LogP contribution in [0.5, 0.6) is 0 Å². The van der Waals surface area contributed by atoms with Gasteiger partial charge in [0.25, 0.3) is 0 Å². The summed E-state index contributed by atoms with van der Waals surface area (Å²) in [6, 6.07) is 14.7. The zero-order valence-corrected chi connectivity index (χ0v) is 23.2. The Morgan fingerprint density at radius 2 is 1.55 bits per heavy atom. The molecule has 0 aromatic heterocycles. The molecule has 0 radical (unpaired) electrons. The number of dihydropyridines is 1. The van der Waals surface area contributed by atoms with Crippen molar-refractivity contribution in [3.8, 4) is 0 Å². The van der Waals surface area contributed by atoms with Crippen molar-refractivity contribution in [1.29, 1.82) is 0 Å². The molecule has 0 spiro atoms. The van der Waals surface area contributed by atoms with Gasteiger partial charge in [-0.2, -0.15) is 0 Å². The summed E-state index contributed by atoms with van der Waals surface area (Å²) in [6.07, 6.45) is 0.811. The summed E-state index contributed by atoms with van der Waals surface area (Å²) in [7, 11) is 0. The molecule has 0 unspecified atom stereocenters. The number of carbonyl (C=O) groups is 3. The summed E-state index contributed by atoms with van der Waals surface area (Å²) in [5.74, 6) is -3.38. The Hall–Kier alpha value is -4.31. The lowest BCUT2D eigenvalue weighted by molar-refractivity contribution is -0.133. The van der Waals surface area contributed by atoms with E-state index in [4.69, 9.17) is 0 Å². The van der Waals surface area contributed by atoms with Gasteiger partial charge in [0, 0.05) is 55.5 Å². The van der Waals surface area contributed by atoms with E-state index in [0.717, 1.165) is 39.1 Å². The van der Waals surface area contributed by atoms with Gasteiger partial charge in [0.15, 0.2) is 0 Å². The van der Waals surface area contributed by atoms with Crippen molar-refractivity contribution in [3.63, 3.8) is 0 Å². The number of nitrogens with one attached hydrogen (secondary N) is 3. The molecule has 2 aromatic rings. The van der Waals surface area contributed by atoms with Crippen LogP contribution in [0.3, 0.4) is 0 Å². The highest BCUT2D eigenvalue weighted by Gasteiger charge is 2.36. The topological polar surface area (TPSA) is 134 Å². The minimum atomic E-state index is -1.20. The van der Waals surface area contributed by atoms with Crippen LogP contribution in [0, 0.1) is 6.92 Å². The van der Waals surface area contributed by atoms with E-state index in [1.54, 1.807) is 38.1 Å². The van der Waals surface area contributed by atoms with E-state index in [9.17, 15) is 24.6 Å². The third-order valence-electron chi connectivity index (χ3n) is 7.46. The maximum absolute atomic E-state index is 12.6. The lowest BCUT2D eigenvalue weighted by Crippen LogP contribution is -2.47. The summed E-state index contributed by atoms with van der Waals surface area (Å²) in [5.41, 5.74) is 4.19. The van der Waals surface area contributed by atoms with E-state index < -0.39 is 17.9 Å². The Kier molecular flexibility index (Phi) is 9.11. The molecule has 0 saturated carbocycles. The molecule has 2 amide bonds. The first-order valence-corrected chi connectivity index (χ1v) is 13.5. The van der Waals surface area contributed by atoms with E-state index in [2.05, 4.69) is 56.9 Å². The van der Waals surface area contributed by atoms with Crippen molar-refractivity contribution in [3.05, 3.63) is 82.2 Å². The molecule has 10 nitrogen and oxygen atoms in total. The van der Waals surface area contributed by atoms with Gasteiger partial charge >= 0.3 is 18.0 Å². The number of carboxylic acids is 2. The van der Waals surface area contributed by atoms with Crippen LogP contribution in [0.4, 0.5) is 16.2 Å². The van der Waals surface area contributed by atoms with Gasteiger partial charge in [0.05, 0.1) is 17.1 Å². The number of benzene rings is 2. The molecule has 4 rings (SSSR count). The molecule has 1 saturated heterocycles. The molecule has 5 N–H and O–H groups in total. The third kappa shape index (κ3) is 6.63. The zero-order valence-electron chi connectivity index (χ0n) is 23.2. The highest BCUT2D eigenvalue weighted by atomic mass is 16.4. The molecule has 2 aliphatic heterocycles. The summed E-state index contributed by atoms with van der Waals surface area (Å²) in [4.78, 5) is 41.5. The fraction of sp³-hybridized carbons (Fsp3) is 0.367. The Morgan fingerprint density at radius 3 is 2.17 bits per heavy atom. The van der Waals surface area contributed by atoms with Gasteiger partial charge in [0.1, 0.15) is 0 Å². The van der Waals surface area contributed by atoms with E-state index in [-0.39, 0.29) is 17.2 Å². The molecule has 2 heterocycles. The normalized spacial score (nSPS) is 16.5. The van der Waals surface area contributed by atoms with Crippen LogP contribution in [0.1, 0.15) is 37.3 Å². The third-order valence-corrected chi connectivity index (χ3v) is 7.46. The first kappa shape index (κ1) is 28.7. The van der Waals surface area contributed by atoms with Crippen LogP contribution in [0.2, 0.25) is 0 Å². The number of urea groups is 1. The highest BCUT2D eigenvalue weighted by Crippen LogP contribution is 2.39. The Morgan fingerprint density at radius 1 is 0.900 bits per heavy atom. The Labute approximate surface area is 234 Å². The fourth-order valence-corrected chi connectivity index (χ4v) is 5.50. The second-order valence-electron chi connectivity index (χ2n) is 10.2. The molecule has 10 heteroatoms. The molecule has 1 fully saturated rings. The quantitative estimate of drug-likeness (QED) is 0.300. The predicted molar refractivity (Wildman–Crippen MR) is 154 cm³/mol. The molecule has 2 aliphatic rings. The number of piperazine rings is 1. The molecule has 0 aliphatic carbocycles. The fourth-order valence-electron chi connectivity index (χ4n) is 5.50. The molecule has 0 bridgehead atoms. The van der Waals surface area contributed by atoms with Crippen LogP contribution in [-0.2, 0) is 9.59 Å². The summed E-state index contributed by atoms with van der Waals surface area (Å²) < 4.78 is 0. The van der Waals surface area contributed by atoms with Crippen molar-refractivity contribution < 1.29 is 24.6 Å². The lowest BCUT2D eigenvalue weighted by atomic mass is 9.80. The first-order chi connectivity index (χ1) is 19.2. The number of anilines is 2. The van der Waals surface area contributed by atoms with Crippen LogP contribution in [0.15, 0.2) is 71.1 Å². The van der Waals surface area contributed by atoms with Gasteiger partial charge in [-0.05, 0) is 63.1 Å². The number of carbonyl (C=O) groups excluding carboxylic acids is 1. The number of carboxylic acid groups (broad SMARTS) is 2. The van der Waals surface area contributed by atoms with Gasteiger partial charge in [-0.25, -0.2) is 14.4 Å². The number of nitrogens with zero attached hydrogens (tertiary/aromatic N) is 2. The maximum atomic E-state index is 12.6. The second kappa shape index (κ2) is 12.7. The molecule has 2 aromatic carbocycles. The van der Waals surface area contributed by atoms with Crippen LogP contribution < -0.4 is 20.9 Å². The average Bonchev–Trinajstić information content (AvgIpc) is 2.91. The van der Waals surface area contributed by atoms with Gasteiger partial charge in [-0.15, -0.1) is 0 Å². The van der Waals surface area contributed by atoms with Crippen LogP contribution in [-0.4, -0.2) is 72.4 Å². The average molecular weight is 548 g/mol.